The van der Waals surface area contributed by atoms with E-state index in [1.165, 1.54) is 18.2 Å². The zero-order chi connectivity index (χ0) is 28.3. The molecule has 0 aliphatic rings. The minimum atomic E-state index is -5.02. The number of carbonyl (C=O) groups is 1. The van der Waals surface area contributed by atoms with Crippen LogP contribution in [0.4, 0.5) is 30.5 Å². The minimum Gasteiger partial charge on any atom is -0.491 e. The normalized spacial score (nSPS) is 11.4. The summed E-state index contributed by atoms with van der Waals surface area (Å²) in [5.41, 5.74) is 3.35. The van der Waals surface area contributed by atoms with Crippen LogP contribution in [0.5, 0.6) is 5.75 Å². The van der Waals surface area contributed by atoms with Gasteiger partial charge in [0.1, 0.15) is 18.1 Å². The highest BCUT2D eigenvalue weighted by atomic mass is 35.5. The maximum absolute atomic E-state index is 12.8. The lowest BCUT2D eigenvalue weighted by atomic mass is 10.0. The third kappa shape index (κ3) is 5.95. The summed E-state index contributed by atoms with van der Waals surface area (Å²) in [7, 11) is 0. The molecule has 5 aromatic rings. The van der Waals surface area contributed by atoms with Gasteiger partial charge in [0.2, 0.25) is 5.95 Å². The molecule has 0 radical (unpaired) electrons. The Morgan fingerprint density at radius 3 is 2.67 bits per heavy atom. The van der Waals surface area contributed by atoms with Gasteiger partial charge in [0.05, 0.1) is 27.7 Å². The standard InChI is InChI=1S/C27H19Cl2F3N6O2/c28-10-13-40-22-15-18(7-8-19(22)29)35-26-33-11-9-20(36-26)23-21-6-1-2-12-38(21)37-24(23)16-4-3-5-17(14-16)34-25(39)27(30,31)32/h1-9,11-12,14-15H,10,13H2,(H,34,39)(H,33,35,36). The van der Waals surface area contributed by atoms with Crippen molar-refractivity contribution in [3.8, 4) is 28.3 Å². The van der Waals surface area contributed by atoms with Crippen LogP contribution in [0.3, 0.4) is 0 Å². The molecule has 2 N–H and O–H groups in total. The van der Waals surface area contributed by atoms with E-state index in [4.69, 9.17) is 27.9 Å². The number of ether oxygens (including phenoxy) is 1. The second-order valence-electron chi connectivity index (χ2n) is 8.36. The van der Waals surface area contributed by atoms with Gasteiger partial charge in [-0.2, -0.15) is 18.3 Å². The number of hydrogen-bond acceptors (Lipinski definition) is 6. The predicted octanol–water partition coefficient (Wildman–Crippen LogP) is 6.97. The Bertz CT molecular complexity index is 1690. The molecule has 13 heteroatoms. The molecule has 0 unspecified atom stereocenters. The van der Waals surface area contributed by atoms with E-state index >= 15 is 0 Å². The first-order valence-corrected chi connectivity index (χ1v) is 12.7. The van der Waals surface area contributed by atoms with Gasteiger partial charge in [-0.15, -0.1) is 11.6 Å². The number of nitrogens with one attached hydrogen (secondary N) is 2. The molecule has 0 saturated heterocycles. The largest absolute Gasteiger partial charge is 0.491 e. The van der Waals surface area contributed by atoms with Crippen LogP contribution in [-0.4, -0.2) is 44.2 Å². The fourth-order valence-electron chi connectivity index (χ4n) is 3.93. The van der Waals surface area contributed by atoms with Crippen LogP contribution in [0.2, 0.25) is 5.02 Å². The van der Waals surface area contributed by atoms with Gasteiger partial charge in [-0.3, -0.25) is 4.79 Å². The highest BCUT2D eigenvalue weighted by molar-refractivity contribution is 6.32. The Kier molecular flexibility index (Phi) is 7.76. The van der Waals surface area contributed by atoms with E-state index in [-0.39, 0.29) is 18.2 Å². The molecule has 3 heterocycles. The van der Waals surface area contributed by atoms with E-state index < -0.39 is 12.1 Å². The minimum absolute atomic E-state index is 0.0252. The van der Waals surface area contributed by atoms with E-state index in [0.717, 1.165) is 0 Å². The molecular weight excluding hydrogens is 568 g/mol. The number of aromatic nitrogens is 4. The van der Waals surface area contributed by atoms with Gasteiger partial charge < -0.3 is 15.4 Å². The number of rotatable bonds is 8. The first kappa shape index (κ1) is 27.2. The molecule has 1 amide bonds. The number of nitrogens with zero attached hydrogens (tertiary/aromatic N) is 4. The predicted molar refractivity (Wildman–Crippen MR) is 147 cm³/mol. The molecule has 0 atom stereocenters. The summed E-state index contributed by atoms with van der Waals surface area (Å²) in [4.78, 5) is 20.5. The Labute approximate surface area is 235 Å². The monoisotopic (exact) mass is 586 g/mol. The fourth-order valence-corrected chi connectivity index (χ4v) is 4.18. The summed E-state index contributed by atoms with van der Waals surface area (Å²) < 4.78 is 45.6. The molecule has 5 rings (SSSR count). The van der Waals surface area contributed by atoms with Gasteiger partial charge in [0.25, 0.3) is 0 Å². The van der Waals surface area contributed by atoms with Crippen molar-refractivity contribution < 1.29 is 22.7 Å². The van der Waals surface area contributed by atoms with Crippen LogP contribution >= 0.6 is 23.2 Å². The molecule has 0 spiro atoms. The Morgan fingerprint density at radius 1 is 1.02 bits per heavy atom. The summed E-state index contributed by atoms with van der Waals surface area (Å²) >= 11 is 11.9. The van der Waals surface area contributed by atoms with Crippen molar-refractivity contribution in [2.75, 3.05) is 23.1 Å². The lowest BCUT2D eigenvalue weighted by Gasteiger charge is -2.11. The topological polar surface area (TPSA) is 93.4 Å². The molecule has 2 aromatic carbocycles. The number of benzene rings is 2. The van der Waals surface area contributed by atoms with Gasteiger partial charge in [0, 0.05) is 35.4 Å². The summed E-state index contributed by atoms with van der Waals surface area (Å²) in [6.45, 7) is 0.287. The van der Waals surface area contributed by atoms with Crippen LogP contribution < -0.4 is 15.4 Å². The van der Waals surface area contributed by atoms with E-state index in [1.807, 2.05) is 17.4 Å². The molecule has 3 aromatic heterocycles. The second kappa shape index (κ2) is 11.4. The van der Waals surface area contributed by atoms with Crippen LogP contribution in [0.1, 0.15) is 0 Å². The molecule has 0 aliphatic carbocycles. The highest BCUT2D eigenvalue weighted by Gasteiger charge is 2.38. The van der Waals surface area contributed by atoms with Crippen molar-refractivity contribution in [1.82, 2.24) is 19.6 Å². The number of alkyl halides is 4. The molecule has 40 heavy (non-hydrogen) atoms. The van der Waals surface area contributed by atoms with E-state index in [2.05, 4.69) is 20.4 Å². The van der Waals surface area contributed by atoms with Crippen LogP contribution in [-0.2, 0) is 4.79 Å². The number of carbonyl (C=O) groups excluding carboxylic acids is 1. The molecule has 0 bridgehead atoms. The molecule has 0 fully saturated rings. The second-order valence-corrected chi connectivity index (χ2v) is 9.15. The van der Waals surface area contributed by atoms with Crippen molar-refractivity contribution in [1.29, 1.82) is 0 Å². The van der Waals surface area contributed by atoms with Crippen LogP contribution in [0.15, 0.2) is 79.1 Å². The van der Waals surface area contributed by atoms with Crippen molar-refractivity contribution in [2.45, 2.75) is 6.18 Å². The Morgan fingerprint density at radius 2 is 1.88 bits per heavy atom. The third-order valence-corrected chi connectivity index (χ3v) is 6.09. The number of hydrogen-bond donors (Lipinski definition) is 2. The summed E-state index contributed by atoms with van der Waals surface area (Å²) in [5, 5.41) is 10.1. The van der Waals surface area contributed by atoms with Gasteiger partial charge in [-0.05, 0) is 42.5 Å². The average molecular weight is 587 g/mol. The quantitative estimate of drug-likeness (QED) is 0.191. The number of amides is 1. The lowest BCUT2D eigenvalue weighted by molar-refractivity contribution is -0.167. The summed E-state index contributed by atoms with van der Waals surface area (Å²) in [6, 6.07) is 18.3. The molecule has 0 saturated carbocycles. The zero-order valence-electron chi connectivity index (χ0n) is 20.4. The van der Waals surface area contributed by atoms with Crippen LogP contribution in [0.25, 0.3) is 28.0 Å². The summed E-state index contributed by atoms with van der Waals surface area (Å²) in [6.07, 6.45) is -1.70. The number of anilines is 3. The van der Waals surface area contributed by atoms with Crippen LogP contribution in [0, 0.1) is 0 Å². The molecular formula is C27H19Cl2F3N6O2. The van der Waals surface area contributed by atoms with Crippen molar-refractivity contribution in [3.63, 3.8) is 0 Å². The molecule has 0 aliphatic heterocycles. The Balaban J connectivity index is 1.53. The van der Waals surface area contributed by atoms with E-state index in [1.54, 1.807) is 53.3 Å². The first-order valence-electron chi connectivity index (χ1n) is 11.8. The molecule has 8 nitrogen and oxygen atoms in total. The van der Waals surface area contributed by atoms with Crippen molar-refractivity contribution in [3.05, 3.63) is 84.1 Å². The van der Waals surface area contributed by atoms with Crippen molar-refractivity contribution >= 4 is 51.9 Å². The maximum Gasteiger partial charge on any atom is 0.471 e. The lowest BCUT2D eigenvalue weighted by Crippen LogP contribution is -2.29. The van der Waals surface area contributed by atoms with Gasteiger partial charge in [-0.25, -0.2) is 14.5 Å². The number of halogens is 5. The average Bonchev–Trinajstić information content (AvgIpc) is 3.33. The highest BCUT2D eigenvalue weighted by Crippen LogP contribution is 2.36. The van der Waals surface area contributed by atoms with Gasteiger partial charge in [-0.1, -0.05) is 29.8 Å². The van der Waals surface area contributed by atoms with Crippen molar-refractivity contribution in [2.24, 2.45) is 0 Å². The van der Waals surface area contributed by atoms with E-state index in [0.29, 0.717) is 50.4 Å². The first-order chi connectivity index (χ1) is 19.2. The van der Waals surface area contributed by atoms with Gasteiger partial charge >= 0.3 is 12.1 Å². The Hall–Kier alpha value is -4.35. The third-order valence-electron chi connectivity index (χ3n) is 5.63. The maximum atomic E-state index is 12.8. The van der Waals surface area contributed by atoms with Gasteiger partial charge in [0.15, 0.2) is 0 Å². The van der Waals surface area contributed by atoms with E-state index in [9.17, 15) is 18.0 Å². The fraction of sp³-hybridized carbons (Fsp3) is 0.111. The molecule has 204 valence electrons. The zero-order valence-corrected chi connectivity index (χ0v) is 21.9. The number of pyridine rings is 1. The summed E-state index contributed by atoms with van der Waals surface area (Å²) in [5.74, 6) is -1.04. The number of fused-ring (bicyclic) bond motifs is 1. The SMILES string of the molecule is O=C(Nc1cccc(-c2nn3ccccc3c2-c2ccnc(Nc3ccc(Cl)c(OCCCl)c3)n2)c1)C(F)(F)F. The smallest absolute Gasteiger partial charge is 0.471 e.